The second kappa shape index (κ2) is 6.63. The molecular weight excluding hydrogens is 324 g/mol. The molecular formula is C16H18N6O3. The van der Waals surface area contributed by atoms with Crippen molar-refractivity contribution in [2.75, 3.05) is 12.4 Å². The maximum absolute atomic E-state index is 11.3. The van der Waals surface area contributed by atoms with Crippen LogP contribution in [0.4, 0.5) is 11.6 Å². The summed E-state index contributed by atoms with van der Waals surface area (Å²) in [6, 6.07) is 7.03. The molecule has 0 amide bonds. The normalized spacial score (nSPS) is 12.0. The zero-order valence-electron chi connectivity index (χ0n) is 14.1. The molecule has 0 spiro atoms. The minimum absolute atomic E-state index is 0.239. The molecule has 0 saturated heterocycles. The number of hydrogen-bond acceptors (Lipinski definition) is 6. The lowest BCUT2D eigenvalue weighted by molar-refractivity contribution is -0.388. The summed E-state index contributed by atoms with van der Waals surface area (Å²) in [5.74, 6) is 1.41. The summed E-state index contributed by atoms with van der Waals surface area (Å²) in [4.78, 5) is 19.0. The predicted octanol–water partition coefficient (Wildman–Crippen LogP) is 2.27. The highest BCUT2D eigenvalue weighted by molar-refractivity contribution is 5.56. The van der Waals surface area contributed by atoms with Crippen molar-refractivity contribution in [3.8, 4) is 5.75 Å². The summed E-state index contributed by atoms with van der Waals surface area (Å²) in [5, 5.41) is 14.5. The molecule has 9 nitrogen and oxygen atoms in total. The van der Waals surface area contributed by atoms with Crippen LogP contribution in [0.15, 0.2) is 43.0 Å². The molecule has 0 radical (unpaired) electrons. The van der Waals surface area contributed by atoms with E-state index in [-0.39, 0.29) is 5.82 Å². The fourth-order valence-corrected chi connectivity index (χ4v) is 2.70. The molecule has 0 aliphatic carbocycles. The van der Waals surface area contributed by atoms with Crippen LogP contribution in [0.2, 0.25) is 0 Å². The zero-order chi connectivity index (χ0) is 18.0. The quantitative estimate of drug-likeness (QED) is 0.545. The molecule has 0 bridgehead atoms. The van der Waals surface area contributed by atoms with Gasteiger partial charge in [0, 0.05) is 32.1 Å². The molecule has 3 rings (SSSR count). The number of ether oxygens (including phenoxy) is 1. The van der Waals surface area contributed by atoms with Gasteiger partial charge in [0.15, 0.2) is 0 Å². The maximum Gasteiger partial charge on any atom is 0.406 e. The summed E-state index contributed by atoms with van der Waals surface area (Å²) in [6.45, 7) is 0. The number of nitrogens with one attached hydrogen (secondary N) is 1. The Hall–Kier alpha value is -3.36. The lowest BCUT2D eigenvalue weighted by atomic mass is 10.0. The number of anilines is 1. The van der Waals surface area contributed by atoms with E-state index in [0.717, 1.165) is 5.56 Å². The second-order valence-corrected chi connectivity index (χ2v) is 5.50. The number of para-hydroxylation sites is 1. The minimum Gasteiger partial charge on any atom is -0.496 e. The number of benzene rings is 1. The van der Waals surface area contributed by atoms with E-state index < -0.39 is 11.0 Å². The lowest BCUT2D eigenvalue weighted by Gasteiger charge is -2.21. The molecule has 9 heteroatoms. The number of nitro groups is 1. The van der Waals surface area contributed by atoms with Crippen LogP contribution in [-0.2, 0) is 14.1 Å². The van der Waals surface area contributed by atoms with Crippen LogP contribution >= 0.6 is 0 Å². The van der Waals surface area contributed by atoms with Crippen LogP contribution in [0, 0.1) is 10.1 Å². The van der Waals surface area contributed by atoms with Gasteiger partial charge in [0.1, 0.15) is 17.6 Å². The minimum atomic E-state index is -0.514. The molecule has 0 fully saturated rings. The summed E-state index contributed by atoms with van der Waals surface area (Å²) in [7, 11) is 5.14. The fraction of sp³-hybridized carbons (Fsp3) is 0.250. The third-order valence-corrected chi connectivity index (χ3v) is 3.94. The van der Waals surface area contributed by atoms with Crippen molar-refractivity contribution in [3.63, 3.8) is 0 Å². The van der Waals surface area contributed by atoms with Gasteiger partial charge in [-0.1, -0.05) is 18.2 Å². The molecule has 25 heavy (non-hydrogen) atoms. The lowest BCUT2D eigenvalue weighted by Crippen LogP contribution is -2.19. The number of hydrogen-bond donors (Lipinski definition) is 1. The second-order valence-electron chi connectivity index (χ2n) is 5.50. The molecule has 0 aliphatic rings. The van der Waals surface area contributed by atoms with Gasteiger partial charge in [-0.2, -0.15) is 0 Å². The average molecular weight is 342 g/mol. The molecule has 2 heterocycles. The topological polar surface area (TPSA) is 100 Å². The number of aryl methyl sites for hydroxylation is 2. The standard InChI is InChI=1S/C16H18N6O3/c1-20-9-8-17-14(20)13(11-6-4-5-7-12(11)25-3)19-16-15(22(23)24)18-10-21(16)2/h4-10,13,19H,1-3H3. The van der Waals surface area contributed by atoms with Gasteiger partial charge in [-0.3, -0.25) is 4.57 Å². The van der Waals surface area contributed by atoms with Crippen molar-refractivity contribution in [1.29, 1.82) is 0 Å². The van der Waals surface area contributed by atoms with E-state index in [1.807, 2.05) is 42.1 Å². The van der Waals surface area contributed by atoms with E-state index in [4.69, 9.17) is 4.74 Å². The molecule has 130 valence electrons. The SMILES string of the molecule is COc1ccccc1C(Nc1c([N+](=O)[O-])ncn1C)c1nccn1C. The maximum atomic E-state index is 11.3. The van der Waals surface area contributed by atoms with Gasteiger partial charge in [0.05, 0.1) is 7.11 Å². The van der Waals surface area contributed by atoms with Gasteiger partial charge in [-0.05, 0) is 16.0 Å². The molecule has 0 aliphatic heterocycles. The van der Waals surface area contributed by atoms with Crippen molar-refractivity contribution in [1.82, 2.24) is 19.1 Å². The van der Waals surface area contributed by atoms with Crippen molar-refractivity contribution in [2.24, 2.45) is 14.1 Å². The van der Waals surface area contributed by atoms with Crippen molar-refractivity contribution >= 4 is 11.6 Å². The molecule has 1 unspecified atom stereocenters. The Labute approximate surface area is 144 Å². The monoisotopic (exact) mass is 342 g/mol. The summed E-state index contributed by atoms with van der Waals surface area (Å²) in [6.07, 6.45) is 4.90. The largest absolute Gasteiger partial charge is 0.496 e. The van der Waals surface area contributed by atoms with E-state index >= 15 is 0 Å². The van der Waals surface area contributed by atoms with E-state index in [1.165, 1.54) is 6.33 Å². The predicted molar refractivity (Wildman–Crippen MR) is 91.5 cm³/mol. The van der Waals surface area contributed by atoms with Gasteiger partial charge in [-0.25, -0.2) is 4.98 Å². The fourth-order valence-electron chi connectivity index (χ4n) is 2.70. The number of methoxy groups -OCH3 is 1. The van der Waals surface area contributed by atoms with Crippen LogP contribution in [0.3, 0.4) is 0 Å². The Morgan fingerprint density at radius 1 is 1.24 bits per heavy atom. The number of rotatable bonds is 6. The third-order valence-electron chi connectivity index (χ3n) is 3.94. The first-order valence-corrected chi connectivity index (χ1v) is 7.55. The first-order valence-electron chi connectivity index (χ1n) is 7.55. The van der Waals surface area contributed by atoms with Gasteiger partial charge in [0.2, 0.25) is 12.1 Å². The van der Waals surface area contributed by atoms with Crippen LogP contribution < -0.4 is 10.1 Å². The van der Waals surface area contributed by atoms with Gasteiger partial charge < -0.3 is 24.7 Å². The Kier molecular flexibility index (Phi) is 4.38. The first-order chi connectivity index (χ1) is 12.0. The first kappa shape index (κ1) is 16.5. The smallest absolute Gasteiger partial charge is 0.406 e. The van der Waals surface area contributed by atoms with Gasteiger partial charge in [0.25, 0.3) is 0 Å². The Bertz CT molecular complexity index is 901. The Balaban J connectivity index is 2.12. The third kappa shape index (κ3) is 3.03. The molecule has 2 aromatic heterocycles. The summed E-state index contributed by atoms with van der Waals surface area (Å²) in [5.41, 5.74) is 0.815. The molecule has 1 aromatic carbocycles. The number of aromatic nitrogens is 4. The van der Waals surface area contributed by atoms with Crippen LogP contribution in [0.25, 0.3) is 0 Å². The summed E-state index contributed by atoms with van der Waals surface area (Å²) >= 11 is 0. The van der Waals surface area contributed by atoms with E-state index in [1.54, 1.807) is 24.9 Å². The molecule has 0 saturated carbocycles. The Morgan fingerprint density at radius 2 is 2.00 bits per heavy atom. The van der Waals surface area contributed by atoms with Crippen LogP contribution in [0.5, 0.6) is 5.75 Å². The van der Waals surface area contributed by atoms with Crippen LogP contribution in [0.1, 0.15) is 17.4 Å². The number of nitrogens with zero attached hydrogens (tertiary/aromatic N) is 5. The van der Waals surface area contributed by atoms with Gasteiger partial charge >= 0.3 is 5.82 Å². The number of imidazole rings is 2. The van der Waals surface area contributed by atoms with Crippen molar-refractivity contribution in [3.05, 3.63) is 64.5 Å². The molecule has 1 N–H and O–H groups in total. The van der Waals surface area contributed by atoms with Crippen molar-refractivity contribution < 1.29 is 9.66 Å². The average Bonchev–Trinajstić information content (AvgIpc) is 3.18. The molecule has 3 aromatic rings. The van der Waals surface area contributed by atoms with E-state index in [9.17, 15) is 10.1 Å². The zero-order valence-corrected chi connectivity index (χ0v) is 14.1. The highest BCUT2D eigenvalue weighted by Crippen LogP contribution is 2.34. The van der Waals surface area contributed by atoms with Gasteiger partial charge in [-0.15, -0.1) is 0 Å². The molecule has 1 atom stereocenters. The Morgan fingerprint density at radius 3 is 2.64 bits per heavy atom. The summed E-state index contributed by atoms with van der Waals surface area (Å²) < 4.78 is 8.88. The van der Waals surface area contributed by atoms with Crippen LogP contribution in [-0.4, -0.2) is 31.1 Å². The van der Waals surface area contributed by atoms with E-state index in [2.05, 4.69) is 15.3 Å². The van der Waals surface area contributed by atoms with Crippen molar-refractivity contribution in [2.45, 2.75) is 6.04 Å². The highest BCUT2D eigenvalue weighted by atomic mass is 16.6. The van der Waals surface area contributed by atoms with E-state index in [0.29, 0.717) is 17.4 Å². The highest BCUT2D eigenvalue weighted by Gasteiger charge is 2.28.